The third-order valence-electron chi connectivity index (χ3n) is 2.75. The van der Waals surface area contributed by atoms with Crippen LogP contribution in [0.4, 0.5) is 10.1 Å². The molecule has 6 heteroatoms. The molecule has 0 radical (unpaired) electrons. The van der Waals surface area contributed by atoms with Gasteiger partial charge in [0.25, 0.3) is 0 Å². The van der Waals surface area contributed by atoms with Gasteiger partial charge in [-0.25, -0.2) is 4.39 Å². The summed E-state index contributed by atoms with van der Waals surface area (Å²) in [5.74, 6) is -1.30. The maximum atomic E-state index is 13.9. The third kappa shape index (κ3) is 3.11. The van der Waals surface area contributed by atoms with E-state index in [-0.39, 0.29) is 10.6 Å². The molecule has 20 heavy (non-hydrogen) atoms. The first-order valence-electron chi connectivity index (χ1n) is 5.75. The average molecular weight is 358 g/mol. The zero-order valence-electron chi connectivity index (χ0n) is 10.2. The Hall–Kier alpha value is -1.59. The maximum absolute atomic E-state index is 13.9. The summed E-state index contributed by atoms with van der Waals surface area (Å²) in [6, 6.07) is 10.3. The van der Waals surface area contributed by atoms with Crippen molar-refractivity contribution in [3.05, 3.63) is 63.3 Å². The van der Waals surface area contributed by atoms with Crippen LogP contribution in [0.2, 0.25) is 5.02 Å². The molecular weight excluding hydrogens is 347 g/mol. The molecule has 0 heterocycles. The highest BCUT2D eigenvalue weighted by Gasteiger charge is 2.24. The predicted molar refractivity (Wildman–Crippen MR) is 81.1 cm³/mol. The predicted octanol–water partition coefficient (Wildman–Crippen LogP) is 3.88. The van der Waals surface area contributed by atoms with Gasteiger partial charge in [-0.05, 0) is 40.2 Å². The first kappa shape index (κ1) is 14.8. The molecule has 3 N–H and O–H groups in total. The Morgan fingerprint density at radius 3 is 2.55 bits per heavy atom. The lowest BCUT2D eigenvalue weighted by Crippen LogP contribution is -2.29. The van der Waals surface area contributed by atoms with Gasteiger partial charge in [0, 0.05) is 20.7 Å². The molecule has 2 aromatic carbocycles. The number of halogens is 3. The van der Waals surface area contributed by atoms with Crippen LogP contribution in [-0.4, -0.2) is 5.91 Å². The summed E-state index contributed by atoms with van der Waals surface area (Å²) in [6.45, 7) is 0. The van der Waals surface area contributed by atoms with E-state index in [4.69, 9.17) is 17.3 Å². The monoisotopic (exact) mass is 356 g/mol. The zero-order chi connectivity index (χ0) is 14.7. The first-order chi connectivity index (χ1) is 9.50. The molecule has 0 saturated heterocycles. The van der Waals surface area contributed by atoms with Crippen LogP contribution in [0.15, 0.2) is 46.9 Å². The van der Waals surface area contributed by atoms with Gasteiger partial charge in [-0.15, -0.1) is 0 Å². The number of hydrogen-bond donors (Lipinski definition) is 2. The van der Waals surface area contributed by atoms with Gasteiger partial charge in [-0.3, -0.25) is 4.79 Å². The molecule has 1 amide bonds. The van der Waals surface area contributed by atoms with Crippen molar-refractivity contribution >= 4 is 39.1 Å². The second-order valence-corrected chi connectivity index (χ2v) is 5.36. The summed E-state index contributed by atoms with van der Waals surface area (Å²) in [6.07, 6.45) is 0. The van der Waals surface area contributed by atoms with Crippen LogP contribution in [0.5, 0.6) is 0 Å². The van der Waals surface area contributed by atoms with Crippen LogP contribution in [0.3, 0.4) is 0 Å². The highest BCUT2D eigenvalue weighted by Crippen LogP contribution is 2.31. The van der Waals surface area contributed by atoms with Crippen molar-refractivity contribution in [1.82, 2.24) is 0 Å². The summed E-state index contributed by atoms with van der Waals surface area (Å²) in [4.78, 5) is 11.6. The summed E-state index contributed by atoms with van der Waals surface area (Å²) in [7, 11) is 0. The summed E-state index contributed by atoms with van der Waals surface area (Å²) >= 11 is 9.32. The van der Waals surface area contributed by atoms with Crippen molar-refractivity contribution in [3.8, 4) is 0 Å². The van der Waals surface area contributed by atoms with Gasteiger partial charge in [0.15, 0.2) is 0 Å². The topological polar surface area (TPSA) is 55.1 Å². The smallest absolute Gasteiger partial charge is 0.244 e. The standard InChI is InChI=1S/C14H11BrClFN2O/c15-8-4-1-2-7-11(8)19-13(14(18)20)12-9(16)5-3-6-10(12)17/h1-7,13,19H,(H2,18,20). The minimum Gasteiger partial charge on any atom is -0.369 e. The van der Waals surface area contributed by atoms with E-state index in [1.54, 1.807) is 18.2 Å². The van der Waals surface area contributed by atoms with Crippen molar-refractivity contribution in [2.24, 2.45) is 5.73 Å². The Kier molecular flexibility index (Phi) is 4.62. The first-order valence-corrected chi connectivity index (χ1v) is 6.92. The molecule has 0 aliphatic carbocycles. The number of nitrogens with two attached hydrogens (primary N) is 1. The lowest BCUT2D eigenvalue weighted by Gasteiger charge is -2.19. The van der Waals surface area contributed by atoms with Crippen LogP contribution in [0.25, 0.3) is 0 Å². The quantitative estimate of drug-likeness (QED) is 0.872. The van der Waals surface area contributed by atoms with Gasteiger partial charge in [0.05, 0.1) is 0 Å². The minimum absolute atomic E-state index is 0.0393. The number of carbonyl (C=O) groups is 1. The van der Waals surface area contributed by atoms with Crippen LogP contribution in [0.1, 0.15) is 11.6 Å². The van der Waals surface area contributed by atoms with Crippen LogP contribution < -0.4 is 11.1 Å². The fraction of sp³-hybridized carbons (Fsp3) is 0.0714. The van der Waals surface area contributed by atoms with Crippen LogP contribution >= 0.6 is 27.5 Å². The van der Waals surface area contributed by atoms with E-state index in [1.165, 1.54) is 18.2 Å². The number of benzene rings is 2. The number of amides is 1. The van der Waals surface area contributed by atoms with E-state index in [2.05, 4.69) is 21.2 Å². The van der Waals surface area contributed by atoms with Crippen LogP contribution in [-0.2, 0) is 4.79 Å². The molecule has 3 nitrogen and oxygen atoms in total. The number of primary amides is 1. The fourth-order valence-corrected chi connectivity index (χ4v) is 2.48. The minimum atomic E-state index is -1.05. The number of carbonyl (C=O) groups excluding carboxylic acids is 1. The maximum Gasteiger partial charge on any atom is 0.244 e. The highest BCUT2D eigenvalue weighted by molar-refractivity contribution is 9.10. The molecule has 104 valence electrons. The third-order valence-corrected chi connectivity index (χ3v) is 3.77. The van der Waals surface area contributed by atoms with E-state index < -0.39 is 17.8 Å². The van der Waals surface area contributed by atoms with Gasteiger partial charge in [0.1, 0.15) is 11.9 Å². The molecule has 0 bridgehead atoms. The normalized spacial score (nSPS) is 11.9. The highest BCUT2D eigenvalue weighted by atomic mass is 79.9. The van der Waals surface area contributed by atoms with E-state index in [1.807, 2.05) is 6.07 Å². The second-order valence-electron chi connectivity index (χ2n) is 4.09. The molecular formula is C14H11BrClFN2O. The lowest BCUT2D eigenvalue weighted by atomic mass is 10.0. The Labute approximate surface area is 129 Å². The zero-order valence-corrected chi connectivity index (χ0v) is 12.6. The fourth-order valence-electron chi connectivity index (χ4n) is 1.81. The number of hydrogen-bond acceptors (Lipinski definition) is 2. The van der Waals surface area contributed by atoms with E-state index in [0.717, 1.165) is 4.47 Å². The van der Waals surface area contributed by atoms with Crippen molar-refractivity contribution in [3.63, 3.8) is 0 Å². The number of para-hydroxylation sites is 1. The Morgan fingerprint density at radius 1 is 1.25 bits per heavy atom. The molecule has 0 saturated carbocycles. The van der Waals surface area contributed by atoms with E-state index in [9.17, 15) is 9.18 Å². The lowest BCUT2D eigenvalue weighted by molar-refractivity contribution is -0.118. The number of nitrogens with one attached hydrogen (secondary N) is 1. The SMILES string of the molecule is NC(=O)C(Nc1ccccc1Br)c1c(F)cccc1Cl. The largest absolute Gasteiger partial charge is 0.369 e. The molecule has 1 unspecified atom stereocenters. The van der Waals surface area contributed by atoms with Gasteiger partial charge < -0.3 is 11.1 Å². The summed E-state index contributed by atoms with van der Waals surface area (Å²) in [5, 5.41) is 3.05. The molecule has 0 aliphatic rings. The van der Waals surface area contributed by atoms with Crippen LogP contribution in [0, 0.1) is 5.82 Å². The Balaban J connectivity index is 2.43. The van der Waals surface area contributed by atoms with Gasteiger partial charge in [-0.2, -0.15) is 0 Å². The average Bonchev–Trinajstić information content (AvgIpc) is 2.39. The molecule has 0 aliphatic heterocycles. The molecule has 0 aromatic heterocycles. The number of anilines is 1. The molecule has 1 atom stereocenters. The van der Waals surface area contributed by atoms with Gasteiger partial charge in [0.2, 0.25) is 5.91 Å². The van der Waals surface area contributed by atoms with Gasteiger partial charge >= 0.3 is 0 Å². The molecule has 2 rings (SSSR count). The molecule has 2 aromatic rings. The summed E-state index contributed by atoms with van der Waals surface area (Å²) < 4.78 is 14.7. The summed E-state index contributed by atoms with van der Waals surface area (Å²) in [5.41, 5.74) is 6.02. The molecule has 0 fully saturated rings. The van der Waals surface area contributed by atoms with Crippen molar-refractivity contribution in [1.29, 1.82) is 0 Å². The number of rotatable bonds is 4. The second kappa shape index (κ2) is 6.24. The Bertz CT molecular complexity index is 631. The van der Waals surface area contributed by atoms with Crippen molar-refractivity contribution < 1.29 is 9.18 Å². The molecule has 0 spiro atoms. The van der Waals surface area contributed by atoms with Gasteiger partial charge in [-0.1, -0.05) is 29.8 Å². The van der Waals surface area contributed by atoms with Crippen molar-refractivity contribution in [2.45, 2.75) is 6.04 Å². The van der Waals surface area contributed by atoms with Crippen molar-refractivity contribution in [2.75, 3.05) is 5.32 Å². The van der Waals surface area contributed by atoms with E-state index in [0.29, 0.717) is 5.69 Å². The van der Waals surface area contributed by atoms with E-state index >= 15 is 0 Å². The Morgan fingerprint density at radius 2 is 1.95 bits per heavy atom.